The van der Waals surface area contributed by atoms with Gasteiger partial charge in [0.25, 0.3) is 5.91 Å². The fraction of sp³-hybridized carbons (Fsp3) is 0.500. The maximum Gasteiger partial charge on any atom is 0.313 e. The van der Waals surface area contributed by atoms with E-state index < -0.39 is 65.6 Å². The van der Waals surface area contributed by atoms with Crippen LogP contribution in [-0.2, 0) is 33.4 Å². The van der Waals surface area contributed by atoms with Gasteiger partial charge in [0.15, 0.2) is 0 Å². The van der Waals surface area contributed by atoms with Gasteiger partial charge >= 0.3 is 5.97 Å². The second-order valence-corrected chi connectivity index (χ2v) is 14.8. The first-order chi connectivity index (χ1) is 25.6. The highest BCUT2D eigenvalue weighted by molar-refractivity contribution is 9.11. The summed E-state index contributed by atoms with van der Waals surface area (Å²) in [6.07, 6.45) is 4.50. The Hall–Kier alpha value is -4.04. The lowest BCUT2D eigenvalue weighted by atomic mass is 9.74. The molecule has 0 aromatic heterocycles. The fourth-order valence-electron chi connectivity index (χ4n) is 8.32. The van der Waals surface area contributed by atoms with E-state index in [-0.39, 0.29) is 32.1 Å². The summed E-state index contributed by atoms with van der Waals surface area (Å²) in [5.41, 5.74) is 0.724. The summed E-state index contributed by atoms with van der Waals surface area (Å²) in [7, 11) is 1.51. The third-order valence-corrected chi connectivity index (χ3v) is 11.6. The molecule has 0 unspecified atom stereocenters. The highest BCUT2D eigenvalue weighted by Crippen LogP contribution is 2.59. The van der Waals surface area contributed by atoms with Gasteiger partial charge in [0.1, 0.15) is 29.8 Å². The zero-order chi connectivity index (χ0) is 37.9. The predicted molar refractivity (Wildman–Crippen MR) is 203 cm³/mol. The Labute approximate surface area is 319 Å². The van der Waals surface area contributed by atoms with Crippen molar-refractivity contribution in [1.29, 1.82) is 0 Å². The highest BCUT2D eigenvalue weighted by atomic mass is 79.9. The number of carbonyl (C=O) groups is 4. The molecule has 2 saturated heterocycles. The van der Waals surface area contributed by atoms with Crippen molar-refractivity contribution in [1.82, 2.24) is 10.2 Å². The number of rotatable bonds is 10. The largest absolute Gasteiger partial charge is 0.455 e. The molecule has 4 aliphatic heterocycles. The molecule has 4 aliphatic rings. The van der Waals surface area contributed by atoms with Crippen molar-refractivity contribution in [2.24, 2.45) is 11.8 Å². The number of nitrogens with one attached hydrogen (secondary N) is 1. The molecule has 2 aromatic carbocycles. The van der Waals surface area contributed by atoms with Gasteiger partial charge in [-0.05, 0) is 62.6 Å². The van der Waals surface area contributed by atoms with E-state index in [4.69, 9.17) is 14.2 Å². The van der Waals surface area contributed by atoms with Gasteiger partial charge in [-0.3, -0.25) is 19.2 Å². The summed E-state index contributed by atoms with van der Waals surface area (Å²) in [6.45, 7) is 7.45. The van der Waals surface area contributed by atoms with Gasteiger partial charge in [-0.2, -0.15) is 0 Å². The Morgan fingerprint density at radius 3 is 2.36 bits per heavy atom. The smallest absolute Gasteiger partial charge is 0.313 e. The summed E-state index contributed by atoms with van der Waals surface area (Å²) in [5.74, 6) is -4.07. The van der Waals surface area contributed by atoms with Crippen LogP contribution in [0.15, 0.2) is 77.3 Å². The van der Waals surface area contributed by atoms with Crippen LogP contribution >= 0.6 is 15.9 Å². The minimum atomic E-state index is -1.52. The number of carbonyl (C=O) groups excluding carboxylic acids is 4. The Morgan fingerprint density at radius 1 is 1.00 bits per heavy atom. The number of hydrogen-bond donors (Lipinski definition) is 2. The number of methoxy groups -OCH3 is 1. The second-order valence-electron chi connectivity index (χ2n) is 13.9. The lowest BCUT2D eigenvalue weighted by molar-refractivity contribution is -0.162. The Bertz CT molecular complexity index is 1710. The first kappa shape index (κ1) is 38.7. The predicted octanol–water partition coefficient (Wildman–Crippen LogP) is 4.28. The molecule has 12 nitrogen and oxygen atoms in total. The van der Waals surface area contributed by atoms with Crippen molar-refractivity contribution in [2.45, 2.75) is 76.0 Å². The lowest BCUT2D eigenvalue weighted by Gasteiger charge is -2.38. The number of ether oxygens (including phenoxy) is 3. The van der Waals surface area contributed by atoms with Crippen molar-refractivity contribution in [3.8, 4) is 0 Å². The van der Waals surface area contributed by atoms with Crippen LogP contribution in [-0.4, -0.2) is 103 Å². The van der Waals surface area contributed by atoms with Crippen LogP contribution in [0.1, 0.15) is 51.7 Å². The van der Waals surface area contributed by atoms with Gasteiger partial charge in [0, 0.05) is 49.0 Å². The van der Waals surface area contributed by atoms with Gasteiger partial charge < -0.3 is 39.3 Å². The SMILES string of the molecule is CC[C@@H](CO)N1C(=O)[C@@H]2[C@H]3C(=O)O[C@@H](c4ccccc4)[C@H](COC)NC(=O)CC/C=C\CN(c4ccc(N(CC)CC)cc4)C(=O)[C@@H]1[C@]21C=C(Br)[C@H]3O1. The number of allylic oxidation sites excluding steroid dienone is 1. The summed E-state index contributed by atoms with van der Waals surface area (Å²) in [4.78, 5) is 63.2. The molecule has 3 amide bonds. The minimum absolute atomic E-state index is 0.0516. The van der Waals surface area contributed by atoms with E-state index in [1.54, 1.807) is 23.1 Å². The van der Waals surface area contributed by atoms with Crippen LogP contribution in [0.5, 0.6) is 0 Å². The molecule has 4 heterocycles. The van der Waals surface area contributed by atoms with E-state index in [9.17, 15) is 19.5 Å². The van der Waals surface area contributed by atoms with Crippen molar-refractivity contribution in [3.05, 3.63) is 82.9 Å². The number of anilines is 2. The van der Waals surface area contributed by atoms with Crippen LogP contribution in [0, 0.1) is 11.8 Å². The molecule has 1 spiro atoms. The molecule has 0 saturated carbocycles. The van der Waals surface area contributed by atoms with Crippen molar-refractivity contribution < 1.29 is 38.5 Å². The number of aliphatic hydroxyl groups is 1. The van der Waals surface area contributed by atoms with Crippen molar-refractivity contribution in [2.75, 3.05) is 49.8 Å². The average molecular weight is 794 g/mol. The zero-order valence-corrected chi connectivity index (χ0v) is 32.2. The lowest BCUT2D eigenvalue weighted by Crippen LogP contribution is -2.58. The van der Waals surface area contributed by atoms with E-state index in [1.165, 1.54) is 12.0 Å². The number of aliphatic hydroxyl groups excluding tert-OH is 1. The van der Waals surface area contributed by atoms with Crippen LogP contribution in [0.3, 0.4) is 0 Å². The van der Waals surface area contributed by atoms with E-state index in [0.717, 1.165) is 18.8 Å². The molecule has 8 atom stereocenters. The Balaban J connectivity index is 1.48. The molecule has 13 heteroatoms. The Morgan fingerprint density at radius 2 is 1.72 bits per heavy atom. The summed E-state index contributed by atoms with van der Waals surface area (Å²) >= 11 is 3.62. The number of cyclic esters (lactones) is 1. The van der Waals surface area contributed by atoms with Crippen LogP contribution in [0.25, 0.3) is 0 Å². The monoisotopic (exact) mass is 792 g/mol. The average Bonchev–Trinajstić information content (AvgIpc) is 3.76. The van der Waals surface area contributed by atoms with E-state index in [1.807, 2.05) is 61.5 Å². The van der Waals surface area contributed by atoms with Gasteiger partial charge in [0.2, 0.25) is 11.8 Å². The van der Waals surface area contributed by atoms with Gasteiger partial charge in [-0.1, -0.05) is 65.3 Å². The molecular weight excluding hydrogens is 744 g/mol. The molecule has 5 bridgehead atoms. The molecule has 2 fully saturated rings. The standard InChI is InChI=1S/C40H49BrN4O8/c1-5-26(23-46)45-36-38(49)44(28-19-17-27(18-20-28)43(6-2)7-3)21-13-9-12-16-31(47)42-30(24-51-4)34(25-14-10-8-11-15-25)52-39(50)32-33(37(45)48)40(36)22-29(41)35(32)53-40/h8-11,13-15,17-20,22,26,30,32-36,46H,5-7,12,16,21,23-24H2,1-4H3,(H,42,47)/b13-9-/t26-,30-,32+,33-,34-,35+,36+,40-/m0/s1. The van der Waals surface area contributed by atoms with Crippen LogP contribution < -0.4 is 15.1 Å². The van der Waals surface area contributed by atoms with Crippen LogP contribution in [0.2, 0.25) is 0 Å². The first-order valence-corrected chi connectivity index (χ1v) is 19.3. The maximum absolute atomic E-state index is 15.2. The fourth-order valence-corrected chi connectivity index (χ4v) is 9.06. The number of esters is 1. The molecule has 6 rings (SSSR count). The molecule has 0 aliphatic carbocycles. The minimum Gasteiger partial charge on any atom is -0.455 e. The second kappa shape index (κ2) is 16.5. The maximum atomic E-state index is 15.2. The number of fused-ring (bicyclic) bond motifs is 2. The number of nitrogens with zero attached hydrogens (tertiary/aromatic N) is 3. The van der Waals surface area contributed by atoms with Gasteiger partial charge in [0.05, 0.1) is 31.2 Å². The number of hydrogen-bond acceptors (Lipinski definition) is 9. The van der Waals surface area contributed by atoms with Crippen LogP contribution in [0.4, 0.5) is 11.4 Å². The zero-order valence-electron chi connectivity index (χ0n) is 30.7. The summed E-state index contributed by atoms with van der Waals surface area (Å²) in [6, 6.07) is 14.1. The number of amides is 3. The quantitative estimate of drug-likeness (QED) is 0.267. The molecular formula is C40H49BrN4O8. The molecule has 2 aromatic rings. The molecule has 53 heavy (non-hydrogen) atoms. The highest BCUT2D eigenvalue weighted by Gasteiger charge is 2.75. The normalized spacial score (nSPS) is 30.1. The van der Waals surface area contributed by atoms with E-state index in [0.29, 0.717) is 28.6 Å². The Kier molecular flexibility index (Phi) is 12.1. The van der Waals surface area contributed by atoms with Gasteiger partial charge in [-0.25, -0.2) is 0 Å². The van der Waals surface area contributed by atoms with Gasteiger partial charge in [-0.15, -0.1) is 0 Å². The number of likely N-dealkylation sites (tertiary alicyclic amines) is 1. The number of benzene rings is 2. The van der Waals surface area contributed by atoms with E-state index >= 15 is 4.79 Å². The summed E-state index contributed by atoms with van der Waals surface area (Å²) in [5, 5.41) is 13.6. The van der Waals surface area contributed by atoms with E-state index in [2.05, 4.69) is 40.0 Å². The molecule has 0 radical (unpaired) electrons. The third-order valence-electron chi connectivity index (χ3n) is 10.9. The number of halogens is 1. The van der Waals surface area contributed by atoms with Crippen molar-refractivity contribution in [3.63, 3.8) is 0 Å². The third kappa shape index (κ3) is 7.16. The topological polar surface area (TPSA) is 138 Å². The summed E-state index contributed by atoms with van der Waals surface area (Å²) < 4.78 is 19.1. The molecule has 284 valence electrons. The first-order valence-electron chi connectivity index (χ1n) is 18.5. The molecule has 2 N–H and O–H groups in total. The van der Waals surface area contributed by atoms with Crippen molar-refractivity contribution >= 4 is 51.0 Å².